The summed E-state index contributed by atoms with van der Waals surface area (Å²) in [6.45, 7) is 1.92. The number of para-hydroxylation sites is 1. The highest BCUT2D eigenvalue weighted by atomic mass is 79.9. The van der Waals surface area contributed by atoms with Gasteiger partial charge in [-0.15, -0.1) is 0 Å². The van der Waals surface area contributed by atoms with Gasteiger partial charge in [-0.2, -0.15) is 0 Å². The molecule has 0 bridgehead atoms. The largest absolute Gasteiger partial charge is 0.496 e. The smallest absolute Gasteiger partial charge is 0.257 e. The number of hydrogen-bond acceptors (Lipinski definition) is 4. The van der Waals surface area contributed by atoms with Gasteiger partial charge in [-0.3, -0.25) is 14.9 Å². The fourth-order valence-electron chi connectivity index (χ4n) is 3.03. The van der Waals surface area contributed by atoms with Crippen molar-refractivity contribution in [2.24, 2.45) is 0 Å². The van der Waals surface area contributed by atoms with E-state index >= 15 is 0 Å². The summed E-state index contributed by atoms with van der Waals surface area (Å²) in [4.78, 5) is 25.4. The SMILES string of the molecule is COc1ccc(C(=O)NC(=S)Nc2ccccc2C(=O)NC(C)c2ccccc2)cc1Br. The molecule has 6 nitrogen and oxygen atoms in total. The van der Waals surface area contributed by atoms with E-state index in [0.717, 1.165) is 5.56 Å². The van der Waals surface area contributed by atoms with Crippen LogP contribution in [0.2, 0.25) is 0 Å². The molecule has 3 aromatic rings. The average Bonchev–Trinajstić information content (AvgIpc) is 2.79. The zero-order valence-electron chi connectivity index (χ0n) is 17.5. The Bertz CT molecular complexity index is 1140. The van der Waals surface area contributed by atoms with Crippen LogP contribution < -0.4 is 20.7 Å². The van der Waals surface area contributed by atoms with Gasteiger partial charge in [0.1, 0.15) is 5.75 Å². The highest BCUT2D eigenvalue weighted by molar-refractivity contribution is 9.10. The first-order valence-electron chi connectivity index (χ1n) is 9.79. The molecule has 32 heavy (non-hydrogen) atoms. The lowest BCUT2D eigenvalue weighted by atomic mass is 10.1. The molecular weight excluding hydrogens is 490 g/mol. The maximum atomic E-state index is 12.9. The minimum Gasteiger partial charge on any atom is -0.496 e. The monoisotopic (exact) mass is 511 g/mol. The molecule has 1 unspecified atom stereocenters. The van der Waals surface area contributed by atoms with Gasteiger partial charge in [0, 0.05) is 5.56 Å². The van der Waals surface area contributed by atoms with E-state index in [2.05, 4.69) is 31.9 Å². The first kappa shape index (κ1) is 23.4. The molecule has 164 valence electrons. The van der Waals surface area contributed by atoms with Crippen LogP contribution in [0.25, 0.3) is 0 Å². The molecule has 0 saturated carbocycles. The minimum atomic E-state index is -0.384. The second-order valence-electron chi connectivity index (χ2n) is 6.91. The molecule has 0 heterocycles. The van der Waals surface area contributed by atoms with Gasteiger partial charge in [0.15, 0.2) is 5.11 Å². The fraction of sp³-hybridized carbons (Fsp3) is 0.125. The number of rotatable bonds is 6. The van der Waals surface area contributed by atoms with Crippen molar-refractivity contribution < 1.29 is 14.3 Å². The maximum absolute atomic E-state index is 12.9. The fourth-order valence-corrected chi connectivity index (χ4v) is 3.77. The van der Waals surface area contributed by atoms with Crippen molar-refractivity contribution in [3.05, 3.63) is 94.0 Å². The molecule has 3 rings (SSSR count). The Morgan fingerprint density at radius 1 is 0.969 bits per heavy atom. The van der Waals surface area contributed by atoms with Crippen molar-refractivity contribution >= 4 is 50.8 Å². The molecule has 3 aromatic carbocycles. The van der Waals surface area contributed by atoms with E-state index < -0.39 is 0 Å². The average molecular weight is 512 g/mol. The normalized spacial score (nSPS) is 11.2. The van der Waals surface area contributed by atoms with Gasteiger partial charge < -0.3 is 15.4 Å². The van der Waals surface area contributed by atoms with Crippen LogP contribution in [0.3, 0.4) is 0 Å². The van der Waals surface area contributed by atoms with E-state index in [1.807, 2.05) is 37.3 Å². The number of carbonyl (C=O) groups excluding carboxylic acids is 2. The number of benzene rings is 3. The zero-order valence-corrected chi connectivity index (χ0v) is 19.9. The molecule has 0 aromatic heterocycles. The van der Waals surface area contributed by atoms with Crippen molar-refractivity contribution in [3.63, 3.8) is 0 Å². The number of ether oxygens (including phenoxy) is 1. The molecule has 0 aliphatic carbocycles. The van der Waals surface area contributed by atoms with Crippen LogP contribution in [0.1, 0.15) is 39.2 Å². The Hall–Kier alpha value is -3.23. The number of thiocarbonyl (C=S) groups is 1. The van der Waals surface area contributed by atoms with E-state index in [0.29, 0.717) is 27.0 Å². The first-order chi connectivity index (χ1) is 15.4. The number of amides is 2. The number of nitrogens with one attached hydrogen (secondary N) is 3. The summed E-state index contributed by atoms with van der Waals surface area (Å²) in [6.07, 6.45) is 0. The van der Waals surface area contributed by atoms with Crippen molar-refractivity contribution in [2.45, 2.75) is 13.0 Å². The van der Waals surface area contributed by atoms with Gasteiger partial charge in [0.05, 0.1) is 28.9 Å². The molecule has 0 aliphatic heterocycles. The predicted molar refractivity (Wildman–Crippen MR) is 133 cm³/mol. The van der Waals surface area contributed by atoms with Gasteiger partial charge in [-0.1, -0.05) is 42.5 Å². The molecule has 1 atom stereocenters. The first-order valence-corrected chi connectivity index (χ1v) is 11.0. The molecular formula is C24H22BrN3O3S. The van der Waals surface area contributed by atoms with E-state index in [1.165, 1.54) is 0 Å². The third kappa shape index (κ3) is 5.93. The van der Waals surface area contributed by atoms with E-state index in [-0.39, 0.29) is 23.0 Å². The molecule has 8 heteroatoms. The van der Waals surface area contributed by atoms with Gasteiger partial charge in [-0.05, 0) is 71.0 Å². The van der Waals surface area contributed by atoms with Gasteiger partial charge in [0.2, 0.25) is 0 Å². The molecule has 0 saturated heterocycles. The summed E-state index contributed by atoms with van der Waals surface area (Å²) >= 11 is 8.65. The van der Waals surface area contributed by atoms with Crippen LogP contribution in [0, 0.1) is 0 Å². The number of anilines is 1. The Balaban J connectivity index is 1.67. The van der Waals surface area contributed by atoms with Crippen LogP contribution in [0.15, 0.2) is 77.3 Å². The lowest BCUT2D eigenvalue weighted by Gasteiger charge is -2.17. The summed E-state index contributed by atoms with van der Waals surface area (Å²) in [7, 11) is 1.55. The Kier molecular flexibility index (Phi) is 7.97. The summed E-state index contributed by atoms with van der Waals surface area (Å²) in [6, 6.07) is 21.5. The molecule has 0 spiro atoms. The van der Waals surface area contributed by atoms with Crippen LogP contribution in [-0.4, -0.2) is 24.0 Å². The van der Waals surface area contributed by atoms with E-state index in [4.69, 9.17) is 17.0 Å². The molecule has 2 amide bonds. The summed E-state index contributed by atoms with van der Waals surface area (Å²) < 4.78 is 5.83. The third-order valence-electron chi connectivity index (χ3n) is 4.71. The van der Waals surface area contributed by atoms with Crippen LogP contribution in [0.5, 0.6) is 5.75 Å². The lowest BCUT2D eigenvalue weighted by molar-refractivity contribution is 0.0939. The van der Waals surface area contributed by atoms with Crippen molar-refractivity contribution in [3.8, 4) is 5.75 Å². The quantitative estimate of drug-likeness (QED) is 0.402. The van der Waals surface area contributed by atoms with Crippen molar-refractivity contribution in [1.29, 1.82) is 0 Å². The lowest BCUT2D eigenvalue weighted by Crippen LogP contribution is -2.35. The third-order valence-corrected chi connectivity index (χ3v) is 5.53. The predicted octanol–water partition coefficient (Wildman–Crippen LogP) is 5.08. The van der Waals surface area contributed by atoms with Crippen LogP contribution >= 0.6 is 28.1 Å². The number of methoxy groups -OCH3 is 1. The summed E-state index contributed by atoms with van der Waals surface area (Å²) in [5, 5.41) is 8.64. The van der Waals surface area contributed by atoms with Crippen LogP contribution in [0.4, 0.5) is 5.69 Å². The van der Waals surface area contributed by atoms with Gasteiger partial charge in [-0.25, -0.2) is 0 Å². The summed E-state index contributed by atoms with van der Waals surface area (Å²) in [5.41, 5.74) is 2.31. The maximum Gasteiger partial charge on any atom is 0.257 e. The summed E-state index contributed by atoms with van der Waals surface area (Å²) in [5.74, 6) is -0.0185. The Labute approximate surface area is 200 Å². The molecule has 0 fully saturated rings. The number of carbonyl (C=O) groups is 2. The van der Waals surface area contributed by atoms with Crippen LogP contribution in [-0.2, 0) is 0 Å². The molecule has 0 radical (unpaired) electrons. The zero-order chi connectivity index (χ0) is 23.1. The second kappa shape index (κ2) is 10.9. The Morgan fingerprint density at radius 3 is 2.34 bits per heavy atom. The minimum absolute atomic E-state index is 0.0818. The van der Waals surface area contributed by atoms with E-state index in [1.54, 1.807) is 49.6 Å². The topological polar surface area (TPSA) is 79.5 Å². The standard InChI is InChI=1S/C24H22BrN3O3S/c1-15(16-8-4-3-5-9-16)26-23(30)18-10-6-7-11-20(18)27-24(32)28-22(29)17-12-13-21(31-2)19(25)14-17/h3-15H,1-2H3,(H,26,30)(H2,27,28,29,32). The Morgan fingerprint density at radius 2 is 1.66 bits per heavy atom. The molecule has 3 N–H and O–H groups in total. The molecule has 0 aliphatic rings. The van der Waals surface area contributed by atoms with E-state index in [9.17, 15) is 9.59 Å². The highest BCUT2D eigenvalue weighted by Crippen LogP contribution is 2.25. The second-order valence-corrected chi connectivity index (χ2v) is 8.17. The van der Waals surface area contributed by atoms with Crippen molar-refractivity contribution in [1.82, 2.24) is 10.6 Å². The van der Waals surface area contributed by atoms with Gasteiger partial charge >= 0.3 is 0 Å². The van der Waals surface area contributed by atoms with Gasteiger partial charge in [0.25, 0.3) is 11.8 Å². The highest BCUT2D eigenvalue weighted by Gasteiger charge is 2.16. The van der Waals surface area contributed by atoms with Crippen molar-refractivity contribution in [2.75, 3.05) is 12.4 Å². The number of hydrogen-bond donors (Lipinski definition) is 3. The number of halogens is 1.